The smallest absolute Gasteiger partial charge is 0.219 e. The second kappa shape index (κ2) is 6.49. The summed E-state index contributed by atoms with van der Waals surface area (Å²) in [5, 5.41) is 4.20. The molecular weight excluding hydrogens is 249 g/mol. The van der Waals surface area contributed by atoms with Crippen LogP contribution in [0.2, 0.25) is 0 Å². The fourth-order valence-electron chi connectivity index (χ4n) is 1.85. The molecule has 0 amide bonds. The van der Waals surface area contributed by atoms with E-state index in [2.05, 4.69) is 10.5 Å². The summed E-state index contributed by atoms with van der Waals surface area (Å²) in [7, 11) is 0. The van der Waals surface area contributed by atoms with Crippen LogP contribution < -0.4 is 10.3 Å². The zero-order chi connectivity index (χ0) is 13.7. The van der Waals surface area contributed by atoms with Crippen LogP contribution in [0.25, 0.3) is 0 Å². The van der Waals surface area contributed by atoms with Gasteiger partial charge in [-0.15, -0.1) is 0 Å². The van der Waals surface area contributed by atoms with Gasteiger partial charge in [0.2, 0.25) is 6.29 Å². The third-order valence-corrected chi connectivity index (χ3v) is 2.68. The summed E-state index contributed by atoms with van der Waals surface area (Å²) in [5.74, 6) is 0.385. The number of nitrogens with zero attached hydrogens (tertiary/aromatic N) is 2. The van der Waals surface area contributed by atoms with Gasteiger partial charge >= 0.3 is 0 Å². The molecule has 1 N–H and O–H groups in total. The Kier molecular flexibility index (Phi) is 4.70. The predicted molar refractivity (Wildman–Crippen MR) is 71.4 cm³/mol. The number of nitrogens with one attached hydrogen (secondary N) is 1. The molecule has 1 aromatic rings. The van der Waals surface area contributed by atoms with Crippen molar-refractivity contribution in [1.82, 2.24) is 5.43 Å². The third-order valence-electron chi connectivity index (χ3n) is 2.68. The Morgan fingerprint density at radius 3 is 2.47 bits per heavy atom. The molecule has 0 bridgehead atoms. The molecule has 19 heavy (non-hydrogen) atoms. The van der Waals surface area contributed by atoms with E-state index in [9.17, 15) is 4.39 Å². The molecule has 0 unspecified atom stereocenters. The van der Waals surface area contributed by atoms with Crippen molar-refractivity contribution >= 4 is 11.5 Å². The molecule has 2 rings (SSSR count). The largest absolute Gasteiger partial charge is 0.346 e. The van der Waals surface area contributed by atoms with Crippen molar-refractivity contribution in [2.45, 2.75) is 20.1 Å². The van der Waals surface area contributed by atoms with Gasteiger partial charge in [-0.2, -0.15) is 5.10 Å². The quantitative estimate of drug-likeness (QED) is 0.800. The SMILES string of the molecule is CCOC(OCC)C1=NNCN1c1ccc(F)cc1. The Hall–Kier alpha value is -1.66. The molecule has 0 spiro atoms. The highest BCUT2D eigenvalue weighted by molar-refractivity contribution is 6.01. The Bertz CT molecular complexity index is 430. The monoisotopic (exact) mass is 267 g/mol. The average molecular weight is 267 g/mol. The number of benzene rings is 1. The zero-order valence-corrected chi connectivity index (χ0v) is 11.1. The highest BCUT2D eigenvalue weighted by Gasteiger charge is 2.27. The molecular formula is C13H18FN3O2. The second-order valence-corrected chi connectivity index (χ2v) is 3.93. The van der Waals surface area contributed by atoms with Crippen LogP contribution >= 0.6 is 0 Å². The summed E-state index contributed by atoms with van der Waals surface area (Å²) < 4.78 is 24.0. The fraction of sp³-hybridized carbons (Fsp3) is 0.462. The van der Waals surface area contributed by atoms with Gasteiger partial charge in [0.25, 0.3) is 0 Å². The van der Waals surface area contributed by atoms with Crippen LogP contribution in [0.1, 0.15) is 13.8 Å². The molecule has 104 valence electrons. The molecule has 0 saturated carbocycles. The Labute approximate surface area is 112 Å². The van der Waals surface area contributed by atoms with Crippen molar-refractivity contribution in [2.24, 2.45) is 5.10 Å². The molecule has 5 nitrogen and oxygen atoms in total. The van der Waals surface area contributed by atoms with E-state index >= 15 is 0 Å². The lowest BCUT2D eigenvalue weighted by Gasteiger charge is -2.24. The lowest BCUT2D eigenvalue weighted by Crippen LogP contribution is -2.40. The van der Waals surface area contributed by atoms with Gasteiger partial charge in [-0.3, -0.25) is 5.43 Å². The molecule has 0 aromatic heterocycles. The fourth-order valence-corrected chi connectivity index (χ4v) is 1.85. The second-order valence-electron chi connectivity index (χ2n) is 3.93. The van der Waals surface area contributed by atoms with Crippen molar-refractivity contribution in [1.29, 1.82) is 0 Å². The van der Waals surface area contributed by atoms with Gasteiger partial charge in [-0.05, 0) is 38.1 Å². The van der Waals surface area contributed by atoms with Crippen molar-refractivity contribution < 1.29 is 13.9 Å². The number of ether oxygens (including phenoxy) is 2. The maximum absolute atomic E-state index is 13.0. The number of hydrogen-bond donors (Lipinski definition) is 1. The molecule has 6 heteroatoms. The third kappa shape index (κ3) is 3.21. The minimum atomic E-state index is -0.518. The Balaban J connectivity index is 2.17. The summed E-state index contributed by atoms with van der Waals surface area (Å²) in [4.78, 5) is 1.90. The first-order chi connectivity index (χ1) is 9.26. The first-order valence-corrected chi connectivity index (χ1v) is 6.33. The van der Waals surface area contributed by atoms with Crippen molar-refractivity contribution in [3.63, 3.8) is 0 Å². The van der Waals surface area contributed by atoms with Crippen molar-refractivity contribution in [3.05, 3.63) is 30.1 Å². The highest BCUT2D eigenvalue weighted by atomic mass is 19.1. The van der Waals surface area contributed by atoms with Gasteiger partial charge < -0.3 is 14.4 Å². The van der Waals surface area contributed by atoms with E-state index in [0.717, 1.165) is 5.69 Å². The van der Waals surface area contributed by atoms with Gasteiger partial charge in [-0.25, -0.2) is 4.39 Å². The summed E-state index contributed by atoms with van der Waals surface area (Å²) >= 11 is 0. The van der Waals surface area contributed by atoms with Crippen molar-refractivity contribution in [2.75, 3.05) is 24.8 Å². The summed E-state index contributed by atoms with van der Waals surface area (Å²) in [6.45, 7) is 5.37. The summed E-state index contributed by atoms with van der Waals surface area (Å²) in [6, 6.07) is 6.24. The predicted octanol–water partition coefficient (Wildman–Crippen LogP) is 1.91. The summed E-state index contributed by atoms with van der Waals surface area (Å²) in [5.41, 5.74) is 3.74. The number of amidine groups is 1. The average Bonchev–Trinajstić information content (AvgIpc) is 2.88. The van der Waals surface area contributed by atoms with E-state index in [-0.39, 0.29) is 5.82 Å². The zero-order valence-electron chi connectivity index (χ0n) is 11.1. The molecule has 1 aliphatic heterocycles. The van der Waals surface area contributed by atoms with E-state index in [0.29, 0.717) is 25.7 Å². The topological polar surface area (TPSA) is 46.1 Å². The molecule has 1 aromatic carbocycles. The normalized spacial score (nSPS) is 14.7. The van der Waals surface area contributed by atoms with Gasteiger partial charge in [-0.1, -0.05) is 0 Å². The maximum Gasteiger partial charge on any atom is 0.219 e. The standard InChI is InChI=1S/C13H18FN3O2/c1-3-18-13(19-4-2)12-16-15-9-17(12)11-7-5-10(14)6-8-11/h5-8,13,15H,3-4,9H2,1-2H3. The van der Waals surface area contributed by atoms with Crippen molar-refractivity contribution in [3.8, 4) is 0 Å². The molecule has 0 saturated heterocycles. The first-order valence-electron chi connectivity index (χ1n) is 6.33. The minimum Gasteiger partial charge on any atom is -0.346 e. The number of rotatable bonds is 6. The van der Waals surface area contributed by atoms with Crippen LogP contribution in [0, 0.1) is 5.82 Å². The number of halogens is 1. The first kappa shape index (κ1) is 13.8. The van der Waals surface area contributed by atoms with Crippen LogP contribution in [0.4, 0.5) is 10.1 Å². The number of hydrazone groups is 1. The van der Waals surface area contributed by atoms with Crippen LogP contribution in [0.15, 0.2) is 29.4 Å². The molecule has 0 atom stereocenters. The molecule has 0 radical (unpaired) electrons. The van der Waals surface area contributed by atoms with Crippen LogP contribution in [0.3, 0.4) is 0 Å². The number of anilines is 1. The minimum absolute atomic E-state index is 0.263. The van der Waals surface area contributed by atoms with Gasteiger partial charge in [0.1, 0.15) is 12.5 Å². The van der Waals surface area contributed by atoms with E-state index in [1.165, 1.54) is 12.1 Å². The number of hydrogen-bond acceptors (Lipinski definition) is 5. The van der Waals surface area contributed by atoms with Gasteiger partial charge in [0, 0.05) is 18.9 Å². The summed E-state index contributed by atoms with van der Waals surface area (Å²) in [6.07, 6.45) is -0.518. The Morgan fingerprint density at radius 2 is 1.89 bits per heavy atom. The van der Waals surface area contributed by atoms with Crippen LogP contribution in [-0.2, 0) is 9.47 Å². The van der Waals surface area contributed by atoms with E-state index < -0.39 is 6.29 Å². The lowest BCUT2D eigenvalue weighted by molar-refractivity contribution is -0.0905. The molecule has 1 aliphatic rings. The molecule has 0 aliphatic carbocycles. The van der Waals surface area contributed by atoms with E-state index in [1.54, 1.807) is 12.1 Å². The molecule has 1 heterocycles. The van der Waals surface area contributed by atoms with E-state index in [1.807, 2.05) is 18.7 Å². The van der Waals surface area contributed by atoms with Crippen LogP contribution in [0.5, 0.6) is 0 Å². The van der Waals surface area contributed by atoms with E-state index in [4.69, 9.17) is 9.47 Å². The van der Waals surface area contributed by atoms with Gasteiger partial charge in [0.15, 0.2) is 5.84 Å². The Morgan fingerprint density at radius 1 is 1.26 bits per heavy atom. The highest BCUT2D eigenvalue weighted by Crippen LogP contribution is 2.19. The lowest BCUT2D eigenvalue weighted by atomic mass is 10.3. The maximum atomic E-state index is 13.0. The van der Waals surface area contributed by atoms with Crippen LogP contribution in [-0.4, -0.2) is 32.0 Å². The van der Waals surface area contributed by atoms with Gasteiger partial charge in [0.05, 0.1) is 0 Å². The molecule has 0 fully saturated rings.